The Labute approximate surface area is 139 Å². The number of ketones is 1. The highest BCUT2D eigenvalue weighted by molar-refractivity contribution is 9.10. The van der Waals surface area contributed by atoms with Gasteiger partial charge in [-0.05, 0) is 37.3 Å². The predicted molar refractivity (Wildman–Crippen MR) is 91.7 cm³/mol. The first-order valence-corrected chi connectivity index (χ1v) is 8.12. The Morgan fingerprint density at radius 2 is 1.77 bits per heavy atom. The average Bonchev–Trinajstić information content (AvgIpc) is 2.88. The van der Waals surface area contributed by atoms with Crippen LogP contribution in [0.15, 0.2) is 46.9 Å². The van der Waals surface area contributed by atoms with Crippen LogP contribution < -0.4 is 5.32 Å². The van der Waals surface area contributed by atoms with E-state index in [1.54, 1.807) is 24.3 Å². The Morgan fingerprint density at radius 3 is 2.45 bits per heavy atom. The Kier molecular flexibility index (Phi) is 4.04. The second-order valence-electron chi connectivity index (χ2n) is 4.72. The second kappa shape index (κ2) is 5.98. The largest absolute Gasteiger partial charge is 0.298 e. The maximum absolute atomic E-state index is 12.2. The monoisotopic (exact) mass is 374 g/mol. The van der Waals surface area contributed by atoms with E-state index in [0.717, 1.165) is 14.7 Å². The molecule has 22 heavy (non-hydrogen) atoms. The van der Waals surface area contributed by atoms with Crippen LogP contribution in [-0.4, -0.2) is 16.7 Å². The fourth-order valence-corrected chi connectivity index (χ4v) is 3.39. The number of aromatic nitrogens is 1. The minimum atomic E-state index is -0.242. The fourth-order valence-electron chi connectivity index (χ4n) is 1.98. The van der Waals surface area contributed by atoms with Gasteiger partial charge in [0.1, 0.15) is 0 Å². The van der Waals surface area contributed by atoms with Crippen molar-refractivity contribution >= 4 is 54.3 Å². The number of rotatable bonds is 3. The van der Waals surface area contributed by atoms with Crippen molar-refractivity contribution in [1.29, 1.82) is 0 Å². The van der Waals surface area contributed by atoms with Gasteiger partial charge in [-0.2, -0.15) is 0 Å². The van der Waals surface area contributed by atoms with Crippen molar-refractivity contribution in [2.24, 2.45) is 0 Å². The van der Waals surface area contributed by atoms with Gasteiger partial charge in [0.25, 0.3) is 5.91 Å². The van der Waals surface area contributed by atoms with Gasteiger partial charge in [0, 0.05) is 15.6 Å². The summed E-state index contributed by atoms with van der Waals surface area (Å²) in [6.07, 6.45) is 0. The third-order valence-corrected chi connectivity index (χ3v) is 4.55. The predicted octanol–water partition coefficient (Wildman–Crippen LogP) is 4.51. The number of nitrogens with zero attached hydrogens (tertiary/aromatic N) is 1. The van der Waals surface area contributed by atoms with Gasteiger partial charge in [-0.15, -0.1) is 0 Å². The van der Waals surface area contributed by atoms with E-state index in [1.807, 2.05) is 18.2 Å². The zero-order chi connectivity index (χ0) is 15.7. The molecule has 0 bridgehead atoms. The van der Waals surface area contributed by atoms with Crippen molar-refractivity contribution in [2.75, 3.05) is 5.32 Å². The summed E-state index contributed by atoms with van der Waals surface area (Å²) in [7, 11) is 0. The number of fused-ring (bicyclic) bond motifs is 1. The molecule has 3 aromatic rings. The van der Waals surface area contributed by atoms with Crippen LogP contribution in [0.3, 0.4) is 0 Å². The van der Waals surface area contributed by atoms with Gasteiger partial charge in [-0.3, -0.25) is 14.9 Å². The molecule has 0 radical (unpaired) electrons. The molecule has 0 unspecified atom stereocenters. The topological polar surface area (TPSA) is 59.1 Å². The highest BCUT2D eigenvalue weighted by Gasteiger charge is 2.10. The van der Waals surface area contributed by atoms with Crippen LogP contribution >= 0.6 is 27.3 Å². The first-order chi connectivity index (χ1) is 10.5. The lowest BCUT2D eigenvalue weighted by Crippen LogP contribution is -2.11. The van der Waals surface area contributed by atoms with Crippen LogP contribution in [0, 0.1) is 0 Å². The molecule has 0 aliphatic heterocycles. The lowest BCUT2D eigenvalue weighted by molar-refractivity contribution is 0.101. The van der Waals surface area contributed by atoms with Crippen LogP contribution in [0.25, 0.3) is 10.2 Å². The molecule has 6 heteroatoms. The van der Waals surface area contributed by atoms with Crippen molar-refractivity contribution in [3.8, 4) is 0 Å². The van der Waals surface area contributed by atoms with Crippen LogP contribution in [0.5, 0.6) is 0 Å². The first-order valence-electron chi connectivity index (χ1n) is 6.51. The van der Waals surface area contributed by atoms with Crippen molar-refractivity contribution < 1.29 is 9.59 Å². The Bertz CT molecular complexity index is 871. The Balaban J connectivity index is 1.81. The molecule has 0 saturated carbocycles. The molecule has 1 N–H and O–H groups in total. The van der Waals surface area contributed by atoms with Crippen molar-refractivity contribution in [3.05, 3.63) is 58.1 Å². The van der Waals surface area contributed by atoms with Gasteiger partial charge in [0.05, 0.1) is 10.2 Å². The molecule has 1 aromatic heterocycles. The van der Waals surface area contributed by atoms with E-state index in [1.165, 1.54) is 18.3 Å². The molecular weight excluding hydrogens is 364 g/mol. The van der Waals surface area contributed by atoms with Crippen molar-refractivity contribution in [2.45, 2.75) is 6.92 Å². The molecule has 0 fully saturated rings. The molecule has 0 spiro atoms. The molecule has 4 nitrogen and oxygen atoms in total. The van der Waals surface area contributed by atoms with Crippen molar-refractivity contribution in [3.63, 3.8) is 0 Å². The lowest BCUT2D eigenvalue weighted by atomic mass is 10.1. The van der Waals surface area contributed by atoms with Crippen molar-refractivity contribution in [1.82, 2.24) is 4.98 Å². The van der Waals surface area contributed by atoms with E-state index >= 15 is 0 Å². The lowest BCUT2D eigenvalue weighted by Gasteiger charge is -2.02. The molecule has 0 aliphatic rings. The molecule has 0 atom stereocenters. The second-order valence-corrected chi connectivity index (χ2v) is 6.67. The number of nitrogens with one attached hydrogen (secondary N) is 1. The SMILES string of the molecule is CC(=O)c1ccc(C(=O)Nc2nc3ccc(Br)cc3s2)cc1. The molecular formula is C16H11BrN2O2S. The normalized spacial score (nSPS) is 10.6. The maximum atomic E-state index is 12.2. The maximum Gasteiger partial charge on any atom is 0.257 e. The fraction of sp³-hybridized carbons (Fsp3) is 0.0625. The number of thiazole rings is 1. The van der Waals surface area contributed by atoms with Crippen LogP contribution in [0.2, 0.25) is 0 Å². The third-order valence-electron chi connectivity index (χ3n) is 3.12. The summed E-state index contributed by atoms with van der Waals surface area (Å²) in [6.45, 7) is 1.49. The number of benzene rings is 2. The molecule has 1 heterocycles. The van der Waals surface area contributed by atoms with Crippen LogP contribution in [0.4, 0.5) is 5.13 Å². The number of hydrogen-bond acceptors (Lipinski definition) is 4. The van der Waals surface area contributed by atoms with Gasteiger partial charge < -0.3 is 0 Å². The summed E-state index contributed by atoms with van der Waals surface area (Å²) >= 11 is 4.83. The van der Waals surface area contributed by atoms with Gasteiger partial charge in [0.15, 0.2) is 10.9 Å². The number of carbonyl (C=O) groups is 2. The number of anilines is 1. The number of Topliss-reactive ketones (excluding diaryl/α,β-unsaturated/α-hetero) is 1. The summed E-state index contributed by atoms with van der Waals surface area (Å²) in [5.74, 6) is -0.267. The Hall–Kier alpha value is -2.05. The van der Waals surface area contributed by atoms with E-state index in [-0.39, 0.29) is 11.7 Å². The van der Waals surface area contributed by atoms with Gasteiger partial charge >= 0.3 is 0 Å². The number of amides is 1. The minimum Gasteiger partial charge on any atom is -0.298 e. The number of hydrogen-bond donors (Lipinski definition) is 1. The van der Waals surface area contributed by atoms with E-state index in [9.17, 15) is 9.59 Å². The molecule has 110 valence electrons. The van der Waals surface area contributed by atoms with Crippen LogP contribution in [-0.2, 0) is 0 Å². The molecule has 3 rings (SSSR count). The van der Waals surface area contributed by atoms with E-state index in [2.05, 4.69) is 26.2 Å². The third kappa shape index (κ3) is 3.08. The Morgan fingerprint density at radius 1 is 1.09 bits per heavy atom. The summed E-state index contributed by atoms with van der Waals surface area (Å²) in [6, 6.07) is 12.3. The van der Waals surface area contributed by atoms with Gasteiger partial charge in [-0.1, -0.05) is 39.4 Å². The quantitative estimate of drug-likeness (QED) is 0.685. The highest BCUT2D eigenvalue weighted by Crippen LogP contribution is 2.28. The van der Waals surface area contributed by atoms with E-state index in [0.29, 0.717) is 16.3 Å². The van der Waals surface area contributed by atoms with Gasteiger partial charge in [-0.25, -0.2) is 4.98 Å². The standard InChI is InChI=1S/C16H11BrN2O2S/c1-9(20)10-2-4-11(5-3-10)15(21)19-16-18-13-7-6-12(17)8-14(13)22-16/h2-8H,1H3,(H,18,19,21). The summed E-state index contributed by atoms with van der Waals surface area (Å²) in [5.41, 5.74) is 1.92. The molecule has 0 aliphatic carbocycles. The molecule has 0 saturated heterocycles. The number of carbonyl (C=O) groups excluding carboxylic acids is 2. The zero-order valence-corrected chi connectivity index (χ0v) is 14.0. The smallest absolute Gasteiger partial charge is 0.257 e. The molecule has 1 amide bonds. The summed E-state index contributed by atoms with van der Waals surface area (Å²) in [4.78, 5) is 27.8. The highest BCUT2D eigenvalue weighted by atomic mass is 79.9. The summed E-state index contributed by atoms with van der Waals surface area (Å²) < 4.78 is 1.97. The zero-order valence-electron chi connectivity index (χ0n) is 11.6. The average molecular weight is 375 g/mol. The number of halogens is 1. The van der Waals surface area contributed by atoms with Gasteiger partial charge in [0.2, 0.25) is 0 Å². The van der Waals surface area contributed by atoms with E-state index in [4.69, 9.17) is 0 Å². The van der Waals surface area contributed by atoms with E-state index < -0.39 is 0 Å². The minimum absolute atomic E-state index is 0.0243. The first kappa shape index (κ1) is 14.9. The van der Waals surface area contributed by atoms with Crippen LogP contribution in [0.1, 0.15) is 27.6 Å². The summed E-state index contributed by atoms with van der Waals surface area (Å²) in [5, 5.41) is 3.33. The molecule has 2 aromatic carbocycles.